The van der Waals surface area contributed by atoms with Gasteiger partial charge in [-0.15, -0.1) is 0 Å². The molecule has 11 heteroatoms. The van der Waals surface area contributed by atoms with Crippen LogP contribution >= 0.6 is 11.8 Å². The summed E-state index contributed by atoms with van der Waals surface area (Å²) in [6.45, 7) is 0. The van der Waals surface area contributed by atoms with Crippen LogP contribution in [0.2, 0.25) is 0 Å². The summed E-state index contributed by atoms with van der Waals surface area (Å²) < 4.78 is 23.9. The molecule has 0 saturated carbocycles. The molecule has 0 aliphatic carbocycles. The van der Waals surface area contributed by atoms with Crippen molar-refractivity contribution in [2.75, 3.05) is 16.3 Å². The van der Waals surface area contributed by atoms with Gasteiger partial charge < -0.3 is 10.4 Å². The summed E-state index contributed by atoms with van der Waals surface area (Å²) in [4.78, 5) is 28.8. The zero-order valence-electron chi connectivity index (χ0n) is 18.2. The first kappa shape index (κ1) is 25.6. The Kier molecular flexibility index (Phi) is 8.61. The second-order valence-corrected chi connectivity index (χ2v) is 10.7. The Morgan fingerprint density at radius 1 is 1.15 bits per heavy atom. The SMILES string of the molecule is CSCCC(NC(=O)c1ccc(N(c2cccnc2)S(=O)(O)=S)cc1-c1ccccc1)C(=O)O. The maximum atomic E-state index is 13.1. The molecule has 34 heavy (non-hydrogen) atoms. The normalized spacial score (nSPS) is 13.5. The summed E-state index contributed by atoms with van der Waals surface area (Å²) >= 11 is 6.37. The Bertz CT molecular complexity index is 1260. The van der Waals surface area contributed by atoms with Gasteiger partial charge in [-0.05, 0) is 59.9 Å². The molecule has 0 spiro atoms. The van der Waals surface area contributed by atoms with E-state index < -0.39 is 26.9 Å². The summed E-state index contributed by atoms with van der Waals surface area (Å²) in [6.07, 6.45) is 5.08. The molecule has 1 amide bonds. The van der Waals surface area contributed by atoms with Crippen LogP contribution in [0.1, 0.15) is 16.8 Å². The predicted molar refractivity (Wildman–Crippen MR) is 138 cm³/mol. The van der Waals surface area contributed by atoms with E-state index in [1.807, 2.05) is 12.3 Å². The molecule has 3 aromatic rings. The number of pyridine rings is 1. The first-order chi connectivity index (χ1) is 16.2. The van der Waals surface area contributed by atoms with Gasteiger partial charge in [-0.25, -0.2) is 13.3 Å². The Balaban J connectivity index is 2.10. The third kappa shape index (κ3) is 6.32. The molecule has 8 nitrogen and oxygen atoms in total. The van der Waals surface area contributed by atoms with Crippen molar-refractivity contribution in [1.82, 2.24) is 10.3 Å². The number of amides is 1. The highest BCUT2D eigenvalue weighted by Crippen LogP contribution is 2.33. The molecule has 0 saturated heterocycles. The lowest BCUT2D eigenvalue weighted by atomic mass is 9.98. The van der Waals surface area contributed by atoms with E-state index in [0.717, 1.165) is 4.31 Å². The second-order valence-electron chi connectivity index (χ2n) is 7.20. The topological polar surface area (TPSA) is 120 Å². The number of carboxylic acids is 1. The summed E-state index contributed by atoms with van der Waals surface area (Å²) in [7, 11) is -3.90. The first-order valence-corrected chi connectivity index (χ1v) is 13.9. The highest BCUT2D eigenvalue weighted by atomic mass is 32.8. The number of carbonyl (C=O) groups is 2. The first-order valence-electron chi connectivity index (χ1n) is 10.1. The van der Waals surface area contributed by atoms with Gasteiger partial charge in [0.2, 0.25) is 8.96 Å². The number of anilines is 2. The molecule has 178 valence electrons. The van der Waals surface area contributed by atoms with Gasteiger partial charge in [-0.1, -0.05) is 30.3 Å². The molecule has 0 fully saturated rings. The third-order valence-electron chi connectivity index (χ3n) is 4.89. The predicted octanol–water partition coefficient (Wildman–Crippen LogP) is 3.96. The van der Waals surface area contributed by atoms with Crippen molar-refractivity contribution >= 4 is 55.2 Å². The Morgan fingerprint density at radius 2 is 1.88 bits per heavy atom. The summed E-state index contributed by atoms with van der Waals surface area (Å²) in [5.41, 5.74) is 1.94. The number of benzene rings is 2. The number of aliphatic carboxylic acids is 1. The van der Waals surface area contributed by atoms with Crippen molar-refractivity contribution in [3.8, 4) is 11.1 Å². The van der Waals surface area contributed by atoms with E-state index in [9.17, 15) is 23.5 Å². The van der Waals surface area contributed by atoms with Gasteiger partial charge >= 0.3 is 5.97 Å². The standard InChI is InChI=1S/C23H23N3O5S3/c1-33-13-11-21(23(28)29)25-22(27)19-10-9-17(14-20(19)16-6-3-2-4-7-16)26(34(30,31)32)18-8-5-12-24-15-18/h2-10,12,14-15,21H,11,13H2,1H3,(H,25,27)(H,28,29)(H,30,31,32). The highest BCUT2D eigenvalue weighted by Gasteiger charge is 2.25. The quantitative estimate of drug-likeness (QED) is 0.370. The van der Waals surface area contributed by atoms with Gasteiger partial charge in [-0.2, -0.15) is 11.8 Å². The Hall–Kier alpha value is -2.99. The van der Waals surface area contributed by atoms with Gasteiger partial charge in [0.25, 0.3) is 5.91 Å². The molecule has 2 aromatic carbocycles. The van der Waals surface area contributed by atoms with Gasteiger partial charge in [0.05, 0.1) is 17.6 Å². The fourth-order valence-electron chi connectivity index (χ4n) is 3.33. The summed E-state index contributed by atoms with van der Waals surface area (Å²) in [5.74, 6) is -1.10. The van der Waals surface area contributed by atoms with Gasteiger partial charge in [-0.3, -0.25) is 14.3 Å². The van der Waals surface area contributed by atoms with Crippen LogP contribution in [0, 0.1) is 0 Å². The van der Waals surface area contributed by atoms with Gasteiger partial charge in [0.1, 0.15) is 6.04 Å². The molecule has 3 N–H and O–H groups in total. The third-order valence-corrected chi connectivity index (χ3v) is 6.87. The largest absolute Gasteiger partial charge is 0.480 e. The molecule has 3 rings (SSSR count). The van der Waals surface area contributed by atoms with Crippen LogP contribution in [-0.2, 0) is 24.9 Å². The number of nitrogens with one attached hydrogen (secondary N) is 1. The lowest BCUT2D eigenvalue weighted by Gasteiger charge is -2.24. The molecule has 2 atom stereocenters. The van der Waals surface area contributed by atoms with Gasteiger partial charge in [0.15, 0.2) is 0 Å². The van der Waals surface area contributed by atoms with Gasteiger partial charge in [0, 0.05) is 22.9 Å². The summed E-state index contributed by atoms with van der Waals surface area (Å²) in [6, 6.07) is 15.7. The number of thioether (sulfide) groups is 1. The van der Waals surface area contributed by atoms with Crippen molar-refractivity contribution in [3.63, 3.8) is 0 Å². The van der Waals surface area contributed by atoms with Crippen molar-refractivity contribution in [2.45, 2.75) is 12.5 Å². The van der Waals surface area contributed by atoms with Crippen molar-refractivity contribution < 1.29 is 23.5 Å². The van der Waals surface area contributed by atoms with Crippen molar-refractivity contribution in [3.05, 3.63) is 78.6 Å². The van der Waals surface area contributed by atoms with E-state index in [2.05, 4.69) is 10.3 Å². The van der Waals surface area contributed by atoms with Crippen LogP contribution in [0.5, 0.6) is 0 Å². The lowest BCUT2D eigenvalue weighted by molar-refractivity contribution is -0.139. The molecule has 1 heterocycles. The number of hydrogen-bond donors (Lipinski definition) is 3. The van der Waals surface area contributed by atoms with E-state index in [-0.39, 0.29) is 17.7 Å². The minimum absolute atomic E-state index is 0.227. The molecule has 0 bridgehead atoms. The van der Waals surface area contributed by atoms with Crippen LogP contribution in [0.15, 0.2) is 73.1 Å². The average Bonchev–Trinajstić information content (AvgIpc) is 2.82. The maximum absolute atomic E-state index is 13.1. The van der Waals surface area contributed by atoms with Crippen LogP contribution in [-0.4, -0.2) is 48.8 Å². The van der Waals surface area contributed by atoms with Crippen LogP contribution in [0.3, 0.4) is 0 Å². The molecule has 0 radical (unpaired) electrons. The minimum Gasteiger partial charge on any atom is -0.480 e. The van der Waals surface area contributed by atoms with Crippen molar-refractivity contribution in [2.24, 2.45) is 0 Å². The Morgan fingerprint density at radius 3 is 2.47 bits per heavy atom. The van der Waals surface area contributed by atoms with E-state index >= 15 is 0 Å². The lowest BCUT2D eigenvalue weighted by Crippen LogP contribution is -2.41. The molecule has 0 aliphatic rings. The zero-order chi connectivity index (χ0) is 24.7. The number of nitrogens with zero attached hydrogens (tertiary/aromatic N) is 2. The van der Waals surface area contributed by atoms with E-state index in [4.69, 9.17) is 11.2 Å². The average molecular weight is 518 g/mol. The fraction of sp³-hybridized carbons (Fsp3) is 0.174. The second kappa shape index (κ2) is 11.4. The number of aromatic nitrogens is 1. The highest BCUT2D eigenvalue weighted by molar-refractivity contribution is 8.30. The van der Waals surface area contributed by atoms with Crippen LogP contribution < -0.4 is 9.62 Å². The molecular weight excluding hydrogens is 494 g/mol. The molecule has 2 unspecified atom stereocenters. The number of carbonyl (C=O) groups excluding carboxylic acids is 1. The van der Waals surface area contributed by atoms with E-state index in [1.54, 1.807) is 42.5 Å². The smallest absolute Gasteiger partial charge is 0.326 e. The van der Waals surface area contributed by atoms with E-state index in [0.29, 0.717) is 22.6 Å². The van der Waals surface area contributed by atoms with E-state index in [1.165, 1.54) is 36.3 Å². The maximum Gasteiger partial charge on any atom is 0.326 e. The molecular formula is C23H23N3O5S3. The number of hydrogen-bond acceptors (Lipinski definition) is 6. The number of rotatable bonds is 10. The van der Waals surface area contributed by atoms with Crippen LogP contribution in [0.4, 0.5) is 11.4 Å². The minimum atomic E-state index is -3.90. The Labute approximate surface area is 207 Å². The summed E-state index contributed by atoms with van der Waals surface area (Å²) in [5, 5.41) is 12.1. The fourth-order valence-corrected chi connectivity index (χ4v) is 5.07. The monoisotopic (exact) mass is 517 g/mol. The number of carboxylic acid groups (broad SMARTS) is 1. The zero-order valence-corrected chi connectivity index (χ0v) is 20.6. The molecule has 1 aromatic heterocycles. The van der Waals surface area contributed by atoms with Crippen LogP contribution in [0.25, 0.3) is 11.1 Å². The molecule has 0 aliphatic heterocycles. The van der Waals surface area contributed by atoms with Crippen molar-refractivity contribution in [1.29, 1.82) is 0 Å².